The largest absolute Gasteiger partial charge is 0.469 e. The highest BCUT2D eigenvalue weighted by Gasteiger charge is 2.32. The van der Waals surface area contributed by atoms with E-state index >= 15 is 0 Å². The number of hydrogen-bond acceptors (Lipinski definition) is 7. The van der Waals surface area contributed by atoms with Gasteiger partial charge in [-0.25, -0.2) is 0 Å². The lowest BCUT2D eigenvalue weighted by Gasteiger charge is -2.18. The normalized spacial score (nSPS) is 16.2. The minimum Gasteiger partial charge on any atom is -0.469 e. The van der Waals surface area contributed by atoms with Crippen molar-refractivity contribution in [1.82, 2.24) is 5.32 Å². The number of esters is 1. The van der Waals surface area contributed by atoms with Crippen LogP contribution in [0.5, 0.6) is 11.5 Å². The number of rotatable bonds is 6. The lowest BCUT2D eigenvalue weighted by atomic mass is 10.0. The molecule has 2 atom stereocenters. The minimum absolute atomic E-state index is 0.0873. The lowest BCUT2D eigenvalue weighted by molar-refractivity contribution is -0.145. The third kappa shape index (κ3) is 4.72. The Kier molecular flexibility index (Phi) is 6.78. The summed E-state index contributed by atoms with van der Waals surface area (Å²) in [5.41, 5.74) is 7.53. The van der Waals surface area contributed by atoms with Crippen molar-refractivity contribution in [3.63, 3.8) is 0 Å². The summed E-state index contributed by atoms with van der Waals surface area (Å²) in [5.74, 6) is -1.42. The molecule has 1 aliphatic rings. The number of methoxy groups -OCH3 is 1. The standard InChI is InChI=1S/C22H25ClN4O5/c1-11(22(30)31-4)8-15-21(29)25-14-10-13(24)18(9-12(14)20(28)26-15)32-17-7-5-6-16(19(17)23)27(2)3/h5-7,9-11,15H,8,24H2,1-4H3,(H,25,29)(H,26,28)/t11-,15-/m1/s1. The molecule has 2 aromatic carbocycles. The first-order valence-electron chi connectivity index (χ1n) is 9.89. The molecular formula is C22H25ClN4O5. The zero-order chi connectivity index (χ0) is 23.6. The summed E-state index contributed by atoms with van der Waals surface area (Å²) in [7, 11) is 4.98. The van der Waals surface area contributed by atoms with E-state index in [9.17, 15) is 14.4 Å². The van der Waals surface area contributed by atoms with Gasteiger partial charge in [0.15, 0.2) is 5.75 Å². The summed E-state index contributed by atoms with van der Waals surface area (Å²) in [6.07, 6.45) is 0.0873. The molecule has 2 aromatic rings. The summed E-state index contributed by atoms with van der Waals surface area (Å²) < 4.78 is 10.6. The number of nitrogen functional groups attached to an aromatic ring is 1. The van der Waals surface area contributed by atoms with E-state index in [4.69, 9.17) is 26.8 Å². The fraction of sp³-hybridized carbons (Fsp3) is 0.318. The highest BCUT2D eigenvalue weighted by atomic mass is 35.5. The van der Waals surface area contributed by atoms with Crippen LogP contribution in [-0.2, 0) is 14.3 Å². The van der Waals surface area contributed by atoms with Crippen LogP contribution in [0.25, 0.3) is 0 Å². The summed E-state index contributed by atoms with van der Waals surface area (Å²) in [6.45, 7) is 1.62. The number of carbonyl (C=O) groups excluding carboxylic acids is 3. The lowest BCUT2D eigenvalue weighted by Crippen LogP contribution is -2.43. The Balaban J connectivity index is 1.90. The molecule has 3 rings (SSSR count). The fourth-order valence-electron chi connectivity index (χ4n) is 3.36. The van der Waals surface area contributed by atoms with Crippen LogP contribution >= 0.6 is 11.6 Å². The first-order chi connectivity index (χ1) is 15.1. The summed E-state index contributed by atoms with van der Waals surface area (Å²) >= 11 is 6.45. The predicted molar refractivity (Wildman–Crippen MR) is 122 cm³/mol. The number of carbonyl (C=O) groups is 3. The van der Waals surface area contributed by atoms with E-state index in [1.807, 2.05) is 25.1 Å². The highest BCUT2D eigenvalue weighted by Crippen LogP contribution is 2.39. The van der Waals surface area contributed by atoms with Gasteiger partial charge >= 0.3 is 5.97 Å². The number of nitrogens with zero attached hydrogens (tertiary/aromatic N) is 1. The van der Waals surface area contributed by atoms with Gasteiger partial charge in [-0.05, 0) is 30.7 Å². The van der Waals surface area contributed by atoms with Gasteiger partial charge in [-0.2, -0.15) is 0 Å². The first kappa shape index (κ1) is 23.2. The zero-order valence-corrected chi connectivity index (χ0v) is 18.9. The van der Waals surface area contributed by atoms with Gasteiger partial charge in [0.2, 0.25) is 5.91 Å². The number of ether oxygens (including phenoxy) is 2. The quantitative estimate of drug-likeness (QED) is 0.447. The van der Waals surface area contributed by atoms with Crippen molar-refractivity contribution in [3.8, 4) is 11.5 Å². The molecule has 0 bridgehead atoms. The van der Waals surface area contributed by atoms with Crippen molar-refractivity contribution in [2.45, 2.75) is 19.4 Å². The Bertz CT molecular complexity index is 1070. The van der Waals surface area contributed by atoms with Crippen LogP contribution in [0.4, 0.5) is 17.1 Å². The Hall–Kier alpha value is -3.46. The van der Waals surface area contributed by atoms with Crippen molar-refractivity contribution >= 4 is 46.4 Å². The highest BCUT2D eigenvalue weighted by molar-refractivity contribution is 6.34. The van der Waals surface area contributed by atoms with Crippen molar-refractivity contribution in [1.29, 1.82) is 0 Å². The number of benzene rings is 2. The van der Waals surface area contributed by atoms with Gasteiger partial charge in [0.1, 0.15) is 16.8 Å². The van der Waals surface area contributed by atoms with Crippen LogP contribution in [0.1, 0.15) is 23.7 Å². The Morgan fingerprint density at radius 3 is 2.62 bits per heavy atom. The molecule has 4 N–H and O–H groups in total. The maximum absolute atomic E-state index is 12.9. The summed E-state index contributed by atoms with van der Waals surface area (Å²) in [5, 5.41) is 5.73. The van der Waals surface area contributed by atoms with Crippen LogP contribution in [-0.4, -0.2) is 45.0 Å². The molecule has 0 aromatic heterocycles. The minimum atomic E-state index is -0.916. The van der Waals surface area contributed by atoms with Gasteiger partial charge in [0.25, 0.3) is 5.91 Å². The molecule has 1 heterocycles. The Morgan fingerprint density at radius 2 is 1.97 bits per heavy atom. The smallest absolute Gasteiger partial charge is 0.308 e. The van der Waals surface area contributed by atoms with Crippen LogP contribution in [0.2, 0.25) is 5.02 Å². The third-order valence-corrected chi connectivity index (χ3v) is 5.49. The molecule has 0 radical (unpaired) electrons. The van der Waals surface area contributed by atoms with Crippen molar-refractivity contribution < 1.29 is 23.9 Å². The van der Waals surface area contributed by atoms with Gasteiger partial charge in [0.05, 0.1) is 35.7 Å². The second-order valence-corrected chi connectivity index (χ2v) is 8.07. The second-order valence-electron chi connectivity index (χ2n) is 7.70. The monoisotopic (exact) mass is 460 g/mol. The van der Waals surface area contributed by atoms with Crippen LogP contribution < -0.4 is 26.0 Å². The average Bonchev–Trinajstić information content (AvgIpc) is 2.85. The van der Waals surface area contributed by atoms with Gasteiger partial charge in [-0.15, -0.1) is 0 Å². The summed E-state index contributed by atoms with van der Waals surface area (Å²) in [4.78, 5) is 39.1. The molecule has 0 aliphatic carbocycles. The molecule has 2 amide bonds. The van der Waals surface area contributed by atoms with E-state index in [0.29, 0.717) is 10.8 Å². The summed E-state index contributed by atoms with van der Waals surface area (Å²) in [6, 6.07) is 7.31. The molecule has 0 saturated heterocycles. The molecule has 9 nitrogen and oxygen atoms in total. The van der Waals surface area contributed by atoms with Crippen molar-refractivity contribution in [3.05, 3.63) is 40.9 Å². The number of anilines is 3. The number of nitrogens with one attached hydrogen (secondary N) is 2. The number of halogens is 1. The number of nitrogens with two attached hydrogens (primary N) is 1. The number of fused-ring (bicyclic) bond motifs is 1. The number of amides is 2. The fourth-order valence-corrected chi connectivity index (χ4v) is 3.69. The third-order valence-electron chi connectivity index (χ3n) is 5.11. The molecule has 0 saturated carbocycles. The van der Waals surface area contributed by atoms with Gasteiger partial charge in [-0.1, -0.05) is 24.6 Å². The van der Waals surface area contributed by atoms with Crippen molar-refractivity contribution in [2.75, 3.05) is 37.2 Å². The maximum Gasteiger partial charge on any atom is 0.308 e. The topological polar surface area (TPSA) is 123 Å². The Labute approximate surface area is 190 Å². The van der Waals surface area contributed by atoms with E-state index in [0.717, 1.165) is 5.69 Å². The second kappa shape index (κ2) is 9.35. The van der Waals surface area contributed by atoms with E-state index in [2.05, 4.69) is 10.6 Å². The SMILES string of the molecule is COC(=O)[C@H](C)C[C@H]1NC(=O)c2cc(Oc3cccc(N(C)C)c3Cl)c(N)cc2NC1=O. The van der Waals surface area contributed by atoms with E-state index < -0.39 is 29.7 Å². The van der Waals surface area contributed by atoms with Crippen molar-refractivity contribution in [2.24, 2.45) is 5.92 Å². The predicted octanol–water partition coefficient (Wildman–Crippen LogP) is 3.03. The Morgan fingerprint density at radius 1 is 1.25 bits per heavy atom. The van der Waals surface area contributed by atoms with E-state index in [1.165, 1.54) is 19.2 Å². The molecule has 0 unspecified atom stereocenters. The van der Waals surface area contributed by atoms with Crippen LogP contribution in [0.3, 0.4) is 0 Å². The maximum atomic E-state index is 12.9. The molecule has 0 fully saturated rings. The van der Waals surface area contributed by atoms with Gasteiger partial charge in [0, 0.05) is 14.1 Å². The zero-order valence-electron chi connectivity index (χ0n) is 18.2. The first-order valence-corrected chi connectivity index (χ1v) is 10.3. The van der Waals surface area contributed by atoms with Crippen LogP contribution in [0.15, 0.2) is 30.3 Å². The van der Waals surface area contributed by atoms with Gasteiger partial charge in [-0.3, -0.25) is 14.4 Å². The molecule has 32 heavy (non-hydrogen) atoms. The van der Waals surface area contributed by atoms with E-state index in [-0.39, 0.29) is 29.1 Å². The molecule has 1 aliphatic heterocycles. The van der Waals surface area contributed by atoms with E-state index in [1.54, 1.807) is 19.1 Å². The van der Waals surface area contributed by atoms with Crippen LogP contribution in [0, 0.1) is 5.92 Å². The van der Waals surface area contributed by atoms with Gasteiger partial charge < -0.3 is 30.7 Å². The average molecular weight is 461 g/mol. The molecule has 10 heteroatoms. The number of hydrogen-bond donors (Lipinski definition) is 3. The molecule has 0 spiro atoms. The molecule has 170 valence electrons. The molecular weight excluding hydrogens is 436 g/mol.